The van der Waals surface area contributed by atoms with E-state index in [4.69, 9.17) is 7.48 Å². The molecule has 0 saturated heterocycles. The van der Waals surface area contributed by atoms with Gasteiger partial charge in [0.1, 0.15) is 18.7 Å². The number of nitrogens with zero attached hydrogens (tertiary/aromatic N) is 7. The molecule has 0 atom stereocenters. The molecule has 3 aromatic heterocycles. The average molecular weight is 399 g/mol. The first kappa shape index (κ1) is 16.5. The van der Waals surface area contributed by atoms with Gasteiger partial charge in [-0.25, -0.2) is 14.1 Å². The van der Waals surface area contributed by atoms with Gasteiger partial charge in [-0.1, -0.05) is 12.1 Å². The fourth-order valence-electron chi connectivity index (χ4n) is 2.81. The number of benzene rings is 1. The SMILES string of the molecule is [2H]C([2H])(Oc1nn2c(-c3ccccc3F)nnc2cc1C(C)(C)O)c1ncnn1CC. The summed E-state index contributed by atoms with van der Waals surface area (Å²) in [5.74, 6) is -0.679. The third-order valence-electron chi connectivity index (χ3n) is 4.29. The molecule has 0 aliphatic carbocycles. The van der Waals surface area contributed by atoms with Crippen molar-refractivity contribution < 1.29 is 17.0 Å². The zero-order valence-electron chi connectivity index (χ0n) is 18.0. The number of halogens is 1. The van der Waals surface area contributed by atoms with E-state index in [0.29, 0.717) is 6.54 Å². The highest BCUT2D eigenvalue weighted by atomic mass is 19.1. The smallest absolute Gasteiger partial charge is 0.238 e. The van der Waals surface area contributed by atoms with E-state index in [1.807, 2.05) is 0 Å². The first-order chi connectivity index (χ1) is 14.6. The minimum atomic E-state index is -2.42. The molecule has 1 N–H and O–H groups in total. The topological polar surface area (TPSA) is 103 Å². The van der Waals surface area contributed by atoms with Crippen molar-refractivity contribution in [1.29, 1.82) is 0 Å². The standard InChI is InChI=1S/C19H20FN7O2/c1-4-26-16(21-11-22-26)10-29-18-13(19(2,3)28)9-15-23-24-17(27(15)25-18)12-7-5-6-8-14(12)20/h5-9,11,28H,4,10H2,1-3H3/i10D2. The highest BCUT2D eigenvalue weighted by Gasteiger charge is 2.26. The molecule has 0 radical (unpaired) electrons. The van der Waals surface area contributed by atoms with Gasteiger partial charge in [-0.15, -0.1) is 15.3 Å². The highest BCUT2D eigenvalue weighted by molar-refractivity contribution is 5.60. The van der Waals surface area contributed by atoms with Crippen LogP contribution in [0.1, 0.15) is 34.9 Å². The van der Waals surface area contributed by atoms with E-state index in [1.165, 1.54) is 47.6 Å². The van der Waals surface area contributed by atoms with Crippen LogP contribution in [0, 0.1) is 5.82 Å². The predicted molar refractivity (Wildman–Crippen MR) is 101 cm³/mol. The molecule has 4 rings (SSSR count). The van der Waals surface area contributed by atoms with E-state index in [-0.39, 0.29) is 34.3 Å². The zero-order valence-corrected chi connectivity index (χ0v) is 16.0. The van der Waals surface area contributed by atoms with Crippen LogP contribution in [0.3, 0.4) is 0 Å². The minimum absolute atomic E-state index is 0.0586. The molecule has 0 fully saturated rings. The predicted octanol–water partition coefficient (Wildman–Crippen LogP) is 2.35. The number of rotatable bonds is 6. The lowest BCUT2D eigenvalue weighted by molar-refractivity contribution is 0.0729. The molecule has 4 aromatic rings. The molecule has 0 unspecified atom stereocenters. The fourth-order valence-corrected chi connectivity index (χ4v) is 2.81. The number of hydrogen-bond acceptors (Lipinski definition) is 7. The number of fused-ring (bicyclic) bond motifs is 1. The van der Waals surface area contributed by atoms with Gasteiger partial charge >= 0.3 is 0 Å². The van der Waals surface area contributed by atoms with E-state index in [9.17, 15) is 9.50 Å². The normalized spacial score (nSPS) is 13.4. The summed E-state index contributed by atoms with van der Waals surface area (Å²) in [7, 11) is 0. The molecular weight excluding hydrogens is 377 g/mol. The zero-order chi connectivity index (χ0) is 22.4. The lowest BCUT2D eigenvalue weighted by atomic mass is 10.0. The third kappa shape index (κ3) is 3.54. The first-order valence-corrected chi connectivity index (χ1v) is 8.93. The second-order valence-corrected chi connectivity index (χ2v) is 6.80. The van der Waals surface area contributed by atoms with Crippen LogP contribution in [0.2, 0.25) is 0 Å². The van der Waals surface area contributed by atoms with Crippen LogP contribution in [0.4, 0.5) is 4.39 Å². The van der Waals surface area contributed by atoms with Gasteiger partial charge in [-0.2, -0.15) is 9.61 Å². The van der Waals surface area contributed by atoms with Crippen molar-refractivity contribution >= 4 is 5.65 Å². The maximum Gasteiger partial charge on any atom is 0.238 e. The fraction of sp³-hybridized carbons (Fsp3) is 0.316. The van der Waals surface area contributed by atoms with Crippen LogP contribution >= 0.6 is 0 Å². The summed E-state index contributed by atoms with van der Waals surface area (Å²) in [5, 5.41) is 27.0. The molecule has 9 nitrogen and oxygen atoms in total. The summed E-state index contributed by atoms with van der Waals surface area (Å²) >= 11 is 0. The average Bonchev–Trinajstić information content (AvgIpc) is 3.34. The van der Waals surface area contributed by atoms with E-state index < -0.39 is 18.0 Å². The number of aromatic nitrogens is 7. The molecule has 0 amide bonds. The largest absolute Gasteiger partial charge is 0.468 e. The van der Waals surface area contributed by atoms with Crippen molar-refractivity contribution in [3.63, 3.8) is 0 Å². The minimum Gasteiger partial charge on any atom is -0.468 e. The van der Waals surface area contributed by atoms with Gasteiger partial charge in [0.15, 0.2) is 17.3 Å². The van der Waals surface area contributed by atoms with E-state index in [1.54, 1.807) is 19.1 Å². The van der Waals surface area contributed by atoms with Crippen LogP contribution in [0.15, 0.2) is 36.7 Å². The maximum absolute atomic E-state index is 14.3. The van der Waals surface area contributed by atoms with Gasteiger partial charge in [0, 0.05) is 6.54 Å². The molecule has 3 heterocycles. The van der Waals surface area contributed by atoms with Gasteiger partial charge in [0.2, 0.25) is 5.88 Å². The second kappa shape index (κ2) is 7.21. The summed E-state index contributed by atoms with van der Waals surface area (Å²) in [6.45, 7) is 2.77. The monoisotopic (exact) mass is 399 g/mol. The van der Waals surface area contributed by atoms with Crippen molar-refractivity contribution in [2.45, 2.75) is 39.5 Å². The second-order valence-electron chi connectivity index (χ2n) is 6.80. The Labute approximate surface area is 168 Å². The van der Waals surface area contributed by atoms with Crippen LogP contribution < -0.4 is 4.74 Å². The molecule has 0 saturated carbocycles. The molecule has 1 aromatic carbocycles. The molecule has 0 bridgehead atoms. The first-order valence-electron chi connectivity index (χ1n) is 9.93. The molecule has 150 valence electrons. The Hall–Kier alpha value is -3.40. The number of ether oxygens (including phenoxy) is 1. The van der Waals surface area contributed by atoms with Gasteiger partial charge < -0.3 is 9.84 Å². The van der Waals surface area contributed by atoms with Crippen molar-refractivity contribution in [2.24, 2.45) is 0 Å². The maximum atomic E-state index is 14.3. The molecule has 0 spiro atoms. The molecule has 0 aliphatic heterocycles. The number of aryl methyl sites for hydroxylation is 1. The molecule has 29 heavy (non-hydrogen) atoms. The molecular formula is C19H20FN7O2. The summed E-state index contributed by atoms with van der Waals surface area (Å²) in [5.41, 5.74) is -0.861. The Morgan fingerprint density at radius 2 is 2.07 bits per heavy atom. The Morgan fingerprint density at radius 3 is 2.79 bits per heavy atom. The van der Waals surface area contributed by atoms with E-state index in [2.05, 4.69) is 25.4 Å². The van der Waals surface area contributed by atoms with E-state index >= 15 is 0 Å². The third-order valence-corrected chi connectivity index (χ3v) is 4.29. The van der Waals surface area contributed by atoms with Crippen LogP contribution in [-0.4, -0.2) is 39.7 Å². The summed E-state index contributed by atoms with van der Waals surface area (Å²) < 4.78 is 39.3. The molecule has 0 aliphatic rings. The Balaban J connectivity index is 1.88. The van der Waals surface area contributed by atoms with Crippen molar-refractivity contribution in [3.05, 3.63) is 53.9 Å². The van der Waals surface area contributed by atoms with Crippen LogP contribution in [0.5, 0.6) is 5.88 Å². The summed E-state index contributed by atoms with van der Waals surface area (Å²) in [6, 6.07) is 7.49. The Morgan fingerprint density at radius 1 is 1.28 bits per heavy atom. The van der Waals surface area contributed by atoms with Crippen LogP contribution in [0.25, 0.3) is 17.0 Å². The van der Waals surface area contributed by atoms with Gasteiger partial charge in [0.05, 0.1) is 19.5 Å². The Kier molecular flexibility index (Phi) is 4.11. The van der Waals surface area contributed by atoms with Gasteiger partial charge in [-0.3, -0.25) is 0 Å². The number of hydrogen-bond donors (Lipinski definition) is 1. The van der Waals surface area contributed by atoms with Gasteiger partial charge in [-0.05, 0) is 39.0 Å². The summed E-state index contributed by atoms with van der Waals surface area (Å²) in [4.78, 5) is 3.96. The molecule has 10 heteroatoms. The van der Waals surface area contributed by atoms with Gasteiger partial charge in [0.25, 0.3) is 0 Å². The van der Waals surface area contributed by atoms with Crippen LogP contribution in [-0.2, 0) is 18.7 Å². The van der Waals surface area contributed by atoms with Crippen molar-refractivity contribution in [2.75, 3.05) is 0 Å². The highest BCUT2D eigenvalue weighted by Crippen LogP contribution is 2.31. The van der Waals surface area contributed by atoms with E-state index in [0.717, 1.165) is 0 Å². The quantitative estimate of drug-likeness (QED) is 0.531. The Bertz CT molecular complexity index is 1250. The van der Waals surface area contributed by atoms with Crippen molar-refractivity contribution in [3.8, 4) is 17.3 Å². The summed E-state index contributed by atoms with van der Waals surface area (Å²) in [6.07, 6.45) is 1.23. The number of aliphatic hydroxyl groups is 1. The lowest BCUT2D eigenvalue weighted by Gasteiger charge is -2.20. The lowest BCUT2D eigenvalue weighted by Crippen LogP contribution is -2.20. The van der Waals surface area contributed by atoms with Crippen molar-refractivity contribution in [1.82, 2.24) is 34.6 Å².